The van der Waals surface area contributed by atoms with Crippen molar-refractivity contribution in [1.82, 2.24) is 5.32 Å². The summed E-state index contributed by atoms with van der Waals surface area (Å²) < 4.78 is 50.7. The lowest BCUT2D eigenvalue weighted by Crippen LogP contribution is -2.45. The van der Waals surface area contributed by atoms with Gasteiger partial charge in [-0.2, -0.15) is 13.2 Å². The fraction of sp³-hybridized carbons (Fsp3) is 0.462. The van der Waals surface area contributed by atoms with Crippen LogP contribution in [0.3, 0.4) is 0 Å². The van der Waals surface area contributed by atoms with Crippen molar-refractivity contribution < 1.29 is 32.2 Å². The molecule has 0 saturated heterocycles. The third kappa shape index (κ3) is 4.82. The van der Waals surface area contributed by atoms with E-state index in [2.05, 4.69) is 10.1 Å². The predicted octanol–water partition coefficient (Wildman–Crippen LogP) is 1.52. The maximum atomic E-state index is 11.8. The smallest absolute Gasteiger partial charge is 0.411 e. The van der Waals surface area contributed by atoms with Gasteiger partial charge >= 0.3 is 6.18 Å². The largest absolute Gasteiger partial charge is 0.485 e. The highest BCUT2D eigenvalue weighted by atomic mass is 19.4. The van der Waals surface area contributed by atoms with E-state index in [0.29, 0.717) is 11.5 Å². The minimum Gasteiger partial charge on any atom is -0.485 e. The Balaban J connectivity index is 1.70. The summed E-state index contributed by atoms with van der Waals surface area (Å²) in [6.07, 6.45) is -5.20. The molecule has 0 saturated carbocycles. The molecule has 0 bridgehead atoms. The van der Waals surface area contributed by atoms with E-state index in [1.807, 2.05) is 0 Å². The van der Waals surface area contributed by atoms with Crippen molar-refractivity contribution in [2.75, 3.05) is 26.4 Å². The highest BCUT2D eigenvalue weighted by molar-refractivity contribution is 5.81. The van der Waals surface area contributed by atoms with Crippen molar-refractivity contribution in [3.63, 3.8) is 0 Å². The molecular formula is C13H14F3NO4. The van der Waals surface area contributed by atoms with Crippen LogP contribution in [0.25, 0.3) is 0 Å². The Labute approximate surface area is 119 Å². The lowest BCUT2D eigenvalue weighted by Gasteiger charge is -2.25. The lowest BCUT2D eigenvalue weighted by atomic mass is 10.2. The summed E-state index contributed by atoms with van der Waals surface area (Å²) in [4.78, 5) is 11.8. The molecule has 0 fully saturated rings. The molecule has 1 aromatic rings. The van der Waals surface area contributed by atoms with Crippen molar-refractivity contribution in [1.29, 1.82) is 0 Å². The van der Waals surface area contributed by atoms with Crippen molar-refractivity contribution in [3.05, 3.63) is 24.3 Å². The molecule has 5 nitrogen and oxygen atoms in total. The van der Waals surface area contributed by atoms with E-state index in [1.165, 1.54) is 0 Å². The number of rotatable bonds is 5. The van der Waals surface area contributed by atoms with E-state index in [1.54, 1.807) is 24.3 Å². The van der Waals surface area contributed by atoms with E-state index < -0.39 is 24.8 Å². The number of alkyl halides is 3. The van der Waals surface area contributed by atoms with Gasteiger partial charge in [0.2, 0.25) is 6.10 Å². The van der Waals surface area contributed by atoms with Gasteiger partial charge in [-0.25, -0.2) is 0 Å². The molecule has 0 radical (unpaired) electrons. The molecule has 0 spiro atoms. The minimum atomic E-state index is -4.37. The van der Waals surface area contributed by atoms with Crippen LogP contribution in [0.1, 0.15) is 0 Å². The van der Waals surface area contributed by atoms with Crippen LogP contribution in [0.4, 0.5) is 13.2 Å². The summed E-state index contributed by atoms with van der Waals surface area (Å²) in [5.41, 5.74) is 0. The van der Waals surface area contributed by atoms with Gasteiger partial charge < -0.3 is 19.5 Å². The zero-order valence-electron chi connectivity index (χ0n) is 11.0. The highest BCUT2D eigenvalue weighted by Gasteiger charge is 2.28. The Morgan fingerprint density at radius 2 is 2.05 bits per heavy atom. The zero-order valence-corrected chi connectivity index (χ0v) is 11.0. The second-order valence-corrected chi connectivity index (χ2v) is 4.32. The zero-order chi connectivity index (χ0) is 15.3. The summed E-state index contributed by atoms with van der Waals surface area (Å²) in [6, 6.07) is 6.91. The number of ether oxygens (including phenoxy) is 3. The second kappa shape index (κ2) is 6.66. The molecule has 2 rings (SSSR count). The van der Waals surface area contributed by atoms with Crippen molar-refractivity contribution in [3.8, 4) is 11.5 Å². The lowest BCUT2D eigenvalue weighted by molar-refractivity contribution is -0.173. The van der Waals surface area contributed by atoms with Gasteiger partial charge in [-0.15, -0.1) is 0 Å². The number of amides is 1. The van der Waals surface area contributed by atoms with Gasteiger partial charge in [0.25, 0.3) is 5.91 Å². The molecule has 1 N–H and O–H groups in total. The molecule has 1 aromatic carbocycles. The fourth-order valence-corrected chi connectivity index (χ4v) is 1.70. The molecule has 0 aromatic heterocycles. The van der Waals surface area contributed by atoms with Gasteiger partial charge in [-0.1, -0.05) is 12.1 Å². The van der Waals surface area contributed by atoms with E-state index in [-0.39, 0.29) is 19.8 Å². The molecule has 1 unspecified atom stereocenters. The van der Waals surface area contributed by atoms with Crippen LogP contribution in [0, 0.1) is 0 Å². The van der Waals surface area contributed by atoms with Gasteiger partial charge in [0.1, 0.15) is 13.2 Å². The van der Waals surface area contributed by atoms with Crippen LogP contribution in [-0.4, -0.2) is 44.6 Å². The first-order chi connectivity index (χ1) is 9.96. The molecule has 1 heterocycles. The van der Waals surface area contributed by atoms with Gasteiger partial charge in [-0.3, -0.25) is 4.79 Å². The monoisotopic (exact) mass is 305 g/mol. The summed E-state index contributed by atoms with van der Waals surface area (Å²) in [5, 5.41) is 2.43. The SMILES string of the molecule is O=C(NCCOCC(F)(F)F)C1COc2ccccc2O1. The van der Waals surface area contributed by atoms with Crippen LogP contribution in [0.2, 0.25) is 0 Å². The maximum Gasteiger partial charge on any atom is 0.411 e. The van der Waals surface area contributed by atoms with Gasteiger partial charge in [0, 0.05) is 6.54 Å². The standard InChI is InChI=1S/C13H14F3NO4/c14-13(15,16)8-19-6-5-17-12(18)11-7-20-9-3-1-2-4-10(9)21-11/h1-4,11H,5-8H2,(H,17,18). The van der Waals surface area contributed by atoms with E-state index >= 15 is 0 Å². The molecule has 1 amide bonds. The Kier molecular flexibility index (Phi) is 4.89. The van der Waals surface area contributed by atoms with Gasteiger partial charge in [0.15, 0.2) is 11.5 Å². The van der Waals surface area contributed by atoms with Crippen LogP contribution >= 0.6 is 0 Å². The third-order valence-electron chi connectivity index (χ3n) is 2.61. The van der Waals surface area contributed by atoms with Gasteiger partial charge in [0.05, 0.1) is 6.61 Å². The molecule has 0 aliphatic carbocycles. The summed E-state index contributed by atoms with van der Waals surface area (Å²) in [7, 11) is 0. The second-order valence-electron chi connectivity index (χ2n) is 4.32. The number of hydrogen-bond acceptors (Lipinski definition) is 4. The topological polar surface area (TPSA) is 56.8 Å². The van der Waals surface area contributed by atoms with Crippen LogP contribution in [-0.2, 0) is 9.53 Å². The first-order valence-electron chi connectivity index (χ1n) is 6.26. The summed E-state index contributed by atoms with van der Waals surface area (Å²) >= 11 is 0. The molecule has 1 aliphatic rings. The van der Waals surface area contributed by atoms with Crippen molar-refractivity contribution >= 4 is 5.91 Å². The number of halogens is 3. The third-order valence-corrected chi connectivity index (χ3v) is 2.61. The number of nitrogens with one attached hydrogen (secondary N) is 1. The first-order valence-corrected chi connectivity index (χ1v) is 6.26. The Morgan fingerprint density at radius 3 is 2.76 bits per heavy atom. The van der Waals surface area contributed by atoms with Crippen LogP contribution in [0.5, 0.6) is 11.5 Å². The number of benzene rings is 1. The summed E-state index contributed by atoms with van der Waals surface area (Å²) in [5.74, 6) is 0.549. The average Bonchev–Trinajstić information content (AvgIpc) is 2.45. The molecule has 1 aliphatic heterocycles. The number of carbonyl (C=O) groups is 1. The fourth-order valence-electron chi connectivity index (χ4n) is 1.70. The Hall–Kier alpha value is -1.96. The van der Waals surface area contributed by atoms with Crippen molar-refractivity contribution in [2.45, 2.75) is 12.3 Å². The molecule has 116 valence electrons. The molecule has 8 heteroatoms. The summed E-state index contributed by atoms with van der Waals surface area (Å²) in [6.45, 7) is -1.54. The first kappa shape index (κ1) is 15.4. The normalized spacial score (nSPS) is 17.4. The molecule has 1 atom stereocenters. The number of fused-ring (bicyclic) bond motifs is 1. The van der Waals surface area contributed by atoms with Crippen molar-refractivity contribution in [2.24, 2.45) is 0 Å². The predicted molar refractivity (Wildman–Crippen MR) is 66.2 cm³/mol. The van der Waals surface area contributed by atoms with E-state index in [4.69, 9.17) is 9.47 Å². The number of carbonyl (C=O) groups excluding carboxylic acids is 1. The van der Waals surface area contributed by atoms with Gasteiger partial charge in [-0.05, 0) is 12.1 Å². The number of hydrogen-bond donors (Lipinski definition) is 1. The van der Waals surface area contributed by atoms with E-state index in [9.17, 15) is 18.0 Å². The van der Waals surface area contributed by atoms with Crippen LogP contribution < -0.4 is 14.8 Å². The minimum absolute atomic E-state index is 0.0313. The Morgan fingerprint density at radius 1 is 1.33 bits per heavy atom. The van der Waals surface area contributed by atoms with E-state index in [0.717, 1.165) is 0 Å². The quantitative estimate of drug-likeness (QED) is 0.838. The average molecular weight is 305 g/mol. The highest BCUT2D eigenvalue weighted by Crippen LogP contribution is 2.30. The molecule has 21 heavy (non-hydrogen) atoms. The maximum absolute atomic E-state index is 11.8. The Bertz CT molecular complexity index is 493. The van der Waals surface area contributed by atoms with Crippen LogP contribution in [0.15, 0.2) is 24.3 Å². The molecular weight excluding hydrogens is 291 g/mol. The number of para-hydroxylation sites is 2.